The van der Waals surface area contributed by atoms with E-state index in [0.29, 0.717) is 25.6 Å². The summed E-state index contributed by atoms with van der Waals surface area (Å²) in [4.78, 5) is 22.1. The van der Waals surface area contributed by atoms with E-state index in [1.807, 2.05) is 11.0 Å². The van der Waals surface area contributed by atoms with Gasteiger partial charge in [-0.2, -0.15) is 5.10 Å². The van der Waals surface area contributed by atoms with E-state index in [1.54, 1.807) is 35.5 Å². The number of likely N-dealkylation sites (tertiary alicyclic amines) is 1. The van der Waals surface area contributed by atoms with Crippen molar-refractivity contribution in [2.24, 2.45) is 0 Å². The maximum Gasteiger partial charge on any atom is 0.316 e. The Morgan fingerprint density at radius 1 is 1.19 bits per heavy atom. The topological polar surface area (TPSA) is 73.1 Å². The number of piperidine rings is 1. The van der Waals surface area contributed by atoms with Crippen molar-refractivity contribution in [3.8, 4) is 6.01 Å². The SMILES string of the molecule is O=C(Cn1cccn1)N1CCC(Oc2ncccn2)CC1. The first-order chi connectivity index (χ1) is 10.3. The smallest absolute Gasteiger partial charge is 0.316 e. The number of carbonyl (C=O) groups excluding carboxylic acids is 1. The minimum atomic E-state index is 0.0705. The molecule has 0 radical (unpaired) electrons. The Bertz CT molecular complexity index is 564. The van der Waals surface area contributed by atoms with Gasteiger partial charge in [0.05, 0.1) is 0 Å². The fourth-order valence-corrected chi connectivity index (χ4v) is 2.35. The molecule has 0 spiro atoms. The largest absolute Gasteiger partial charge is 0.460 e. The van der Waals surface area contributed by atoms with Crippen LogP contribution >= 0.6 is 0 Å². The molecule has 2 aromatic rings. The molecule has 0 bridgehead atoms. The van der Waals surface area contributed by atoms with Crippen LogP contribution in [-0.4, -0.2) is 49.7 Å². The number of hydrogen-bond donors (Lipinski definition) is 0. The van der Waals surface area contributed by atoms with Gasteiger partial charge in [-0.3, -0.25) is 9.48 Å². The van der Waals surface area contributed by atoms with Gasteiger partial charge in [0.25, 0.3) is 0 Å². The van der Waals surface area contributed by atoms with Gasteiger partial charge in [-0.1, -0.05) is 0 Å². The quantitative estimate of drug-likeness (QED) is 0.829. The lowest BCUT2D eigenvalue weighted by molar-refractivity contribution is -0.133. The van der Waals surface area contributed by atoms with Crippen molar-refractivity contribution >= 4 is 5.91 Å². The molecule has 7 heteroatoms. The fraction of sp³-hybridized carbons (Fsp3) is 0.429. The summed E-state index contributed by atoms with van der Waals surface area (Å²) in [7, 11) is 0. The van der Waals surface area contributed by atoms with Gasteiger partial charge in [0, 0.05) is 50.7 Å². The third-order valence-electron chi connectivity index (χ3n) is 3.47. The molecule has 2 aromatic heterocycles. The van der Waals surface area contributed by atoms with Crippen molar-refractivity contribution in [2.75, 3.05) is 13.1 Å². The summed E-state index contributed by atoms with van der Waals surface area (Å²) in [5.74, 6) is 0.0908. The van der Waals surface area contributed by atoms with E-state index in [1.165, 1.54) is 0 Å². The van der Waals surface area contributed by atoms with Gasteiger partial charge in [-0.15, -0.1) is 0 Å². The molecule has 7 nitrogen and oxygen atoms in total. The Balaban J connectivity index is 1.47. The molecule has 3 heterocycles. The van der Waals surface area contributed by atoms with Gasteiger partial charge in [-0.05, 0) is 12.1 Å². The number of amides is 1. The Kier molecular flexibility index (Phi) is 4.09. The molecular weight excluding hydrogens is 270 g/mol. The van der Waals surface area contributed by atoms with Crippen LogP contribution in [-0.2, 0) is 11.3 Å². The molecule has 1 aliphatic rings. The number of nitrogens with zero attached hydrogens (tertiary/aromatic N) is 5. The summed E-state index contributed by atoms with van der Waals surface area (Å²) in [5, 5.41) is 4.05. The van der Waals surface area contributed by atoms with Crippen LogP contribution in [0.15, 0.2) is 36.9 Å². The highest BCUT2D eigenvalue weighted by molar-refractivity contribution is 5.75. The molecule has 0 atom stereocenters. The van der Waals surface area contributed by atoms with Crippen LogP contribution in [0.4, 0.5) is 0 Å². The number of hydrogen-bond acceptors (Lipinski definition) is 5. The van der Waals surface area contributed by atoms with Crippen molar-refractivity contribution < 1.29 is 9.53 Å². The molecule has 110 valence electrons. The van der Waals surface area contributed by atoms with E-state index in [2.05, 4.69) is 15.1 Å². The van der Waals surface area contributed by atoms with E-state index < -0.39 is 0 Å². The molecule has 1 amide bonds. The van der Waals surface area contributed by atoms with Gasteiger partial charge in [0.2, 0.25) is 5.91 Å². The molecule has 1 saturated heterocycles. The highest BCUT2D eigenvalue weighted by Gasteiger charge is 2.24. The standard InChI is InChI=1S/C14H17N5O2/c20-13(11-19-8-2-7-17-19)18-9-3-12(4-10-18)21-14-15-5-1-6-16-14/h1-2,5-8,12H,3-4,9-11H2. The number of carbonyl (C=O) groups is 1. The Morgan fingerprint density at radius 2 is 1.95 bits per heavy atom. The molecule has 0 aromatic carbocycles. The first-order valence-corrected chi connectivity index (χ1v) is 7.00. The summed E-state index contributed by atoms with van der Waals surface area (Å²) in [6, 6.07) is 3.97. The van der Waals surface area contributed by atoms with E-state index in [9.17, 15) is 4.79 Å². The zero-order chi connectivity index (χ0) is 14.5. The van der Waals surface area contributed by atoms with E-state index in [4.69, 9.17) is 4.74 Å². The average Bonchev–Trinajstić information content (AvgIpc) is 3.02. The van der Waals surface area contributed by atoms with Crippen molar-refractivity contribution in [3.05, 3.63) is 36.9 Å². The first-order valence-electron chi connectivity index (χ1n) is 7.00. The zero-order valence-corrected chi connectivity index (χ0v) is 11.6. The predicted octanol–water partition coefficient (Wildman–Crippen LogP) is 0.743. The van der Waals surface area contributed by atoms with E-state index in [0.717, 1.165) is 12.8 Å². The maximum atomic E-state index is 12.1. The highest BCUT2D eigenvalue weighted by Crippen LogP contribution is 2.15. The lowest BCUT2D eigenvalue weighted by atomic mass is 10.1. The van der Waals surface area contributed by atoms with E-state index in [-0.39, 0.29) is 12.0 Å². The molecular formula is C14H17N5O2. The van der Waals surface area contributed by atoms with Crippen molar-refractivity contribution in [1.82, 2.24) is 24.6 Å². The van der Waals surface area contributed by atoms with Gasteiger partial charge >= 0.3 is 6.01 Å². The average molecular weight is 287 g/mol. The fourth-order valence-electron chi connectivity index (χ4n) is 2.35. The molecule has 21 heavy (non-hydrogen) atoms. The molecule has 0 aliphatic carbocycles. The normalized spacial score (nSPS) is 15.9. The molecule has 0 saturated carbocycles. The molecule has 3 rings (SSSR count). The minimum Gasteiger partial charge on any atom is -0.460 e. The van der Waals surface area contributed by atoms with Gasteiger partial charge < -0.3 is 9.64 Å². The van der Waals surface area contributed by atoms with Gasteiger partial charge in [-0.25, -0.2) is 9.97 Å². The minimum absolute atomic E-state index is 0.0705. The van der Waals surface area contributed by atoms with E-state index >= 15 is 0 Å². The number of aromatic nitrogens is 4. The maximum absolute atomic E-state index is 12.1. The molecule has 1 aliphatic heterocycles. The molecule has 1 fully saturated rings. The van der Waals surface area contributed by atoms with Crippen LogP contribution in [0.1, 0.15) is 12.8 Å². The first kappa shape index (κ1) is 13.5. The Morgan fingerprint density at radius 3 is 2.62 bits per heavy atom. The van der Waals surface area contributed by atoms with Crippen molar-refractivity contribution in [2.45, 2.75) is 25.5 Å². The lowest BCUT2D eigenvalue weighted by Crippen LogP contribution is -2.43. The third kappa shape index (κ3) is 3.56. The van der Waals surface area contributed by atoms with Crippen LogP contribution in [0, 0.1) is 0 Å². The second-order valence-electron chi connectivity index (χ2n) is 4.93. The summed E-state index contributed by atoms with van der Waals surface area (Å²) >= 11 is 0. The predicted molar refractivity (Wildman–Crippen MR) is 74.5 cm³/mol. The van der Waals surface area contributed by atoms with Gasteiger partial charge in [0.1, 0.15) is 12.6 Å². The summed E-state index contributed by atoms with van der Waals surface area (Å²) in [6.07, 6.45) is 8.44. The summed E-state index contributed by atoms with van der Waals surface area (Å²) < 4.78 is 7.35. The molecule has 0 unspecified atom stereocenters. The monoisotopic (exact) mass is 287 g/mol. The van der Waals surface area contributed by atoms with Crippen LogP contribution in [0.5, 0.6) is 6.01 Å². The van der Waals surface area contributed by atoms with Crippen LogP contribution in [0.2, 0.25) is 0 Å². The number of rotatable bonds is 4. The van der Waals surface area contributed by atoms with Crippen LogP contribution in [0.3, 0.4) is 0 Å². The Labute approximate surface area is 122 Å². The number of ether oxygens (including phenoxy) is 1. The molecule has 0 N–H and O–H groups in total. The second kappa shape index (κ2) is 6.34. The van der Waals surface area contributed by atoms with Crippen LogP contribution < -0.4 is 4.74 Å². The Hall–Kier alpha value is -2.44. The van der Waals surface area contributed by atoms with Crippen molar-refractivity contribution in [3.63, 3.8) is 0 Å². The summed E-state index contributed by atoms with van der Waals surface area (Å²) in [5.41, 5.74) is 0. The van der Waals surface area contributed by atoms with Crippen molar-refractivity contribution in [1.29, 1.82) is 0 Å². The third-order valence-corrected chi connectivity index (χ3v) is 3.47. The second-order valence-corrected chi connectivity index (χ2v) is 4.93. The lowest BCUT2D eigenvalue weighted by Gasteiger charge is -2.31. The zero-order valence-electron chi connectivity index (χ0n) is 11.6. The van der Waals surface area contributed by atoms with Crippen LogP contribution in [0.25, 0.3) is 0 Å². The summed E-state index contributed by atoms with van der Waals surface area (Å²) in [6.45, 7) is 1.68. The highest BCUT2D eigenvalue weighted by atomic mass is 16.5. The van der Waals surface area contributed by atoms with Gasteiger partial charge in [0.15, 0.2) is 0 Å².